The molecule has 0 unspecified atom stereocenters. The van der Waals surface area contributed by atoms with Crippen LogP contribution in [0.3, 0.4) is 0 Å². The van der Waals surface area contributed by atoms with Crippen molar-refractivity contribution in [1.29, 1.82) is 0 Å². The van der Waals surface area contributed by atoms with Gasteiger partial charge < -0.3 is 19.9 Å². The van der Waals surface area contributed by atoms with Gasteiger partial charge in [-0.25, -0.2) is 4.79 Å². The van der Waals surface area contributed by atoms with E-state index < -0.39 is 17.9 Å². The van der Waals surface area contributed by atoms with Gasteiger partial charge in [0.15, 0.2) is 0 Å². The molecule has 0 bridgehead atoms. The predicted molar refractivity (Wildman–Crippen MR) is 114 cm³/mol. The number of nitrogens with zero attached hydrogens (tertiary/aromatic N) is 2. The third kappa shape index (κ3) is 4.01. The molecule has 2 heterocycles. The lowest BCUT2D eigenvalue weighted by Gasteiger charge is -2.34. The van der Waals surface area contributed by atoms with Crippen molar-refractivity contribution in [3.05, 3.63) is 59.7 Å². The van der Waals surface area contributed by atoms with E-state index in [1.807, 2.05) is 0 Å². The first-order valence-corrected chi connectivity index (χ1v) is 10.2. The van der Waals surface area contributed by atoms with Gasteiger partial charge in [-0.05, 0) is 55.7 Å². The average Bonchev–Trinajstić information content (AvgIpc) is 2.89. The number of rotatable bonds is 4. The smallest absolute Gasteiger partial charge is 0.337 e. The van der Waals surface area contributed by atoms with Crippen LogP contribution in [0.2, 0.25) is 0 Å². The fourth-order valence-electron chi connectivity index (χ4n) is 4.09. The minimum absolute atomic E-state index is 0.171. The summed E-state index contributed by atoms with van der Waals surface area (Å²) in [6.45, 7) is 0.322. The molecule has 8 heteroatoms. The minimum atomic E-state index is -0.555. The van der Waals surface area contributed by atoms with Gasteiger partial charge in [-0.15, -0.1) is 0 Å². The number of anilines is 2. The monoisotopic (exact) mass is 421 g/mol. The third-order valence-electron chi connectivity index (χ3n) is 5.63. The van der Waals surface area contributed by atoms with Gasteiger partial charge in [-0.2, -0.15) is 0 Å². The van der Waals surface area contributed by atoms with Crippen LogP contribution in [-0.4, -0.2) is 54.8 Å². The second-order valence-corrected chi connectivity index (χ2v) is 7.57. The quantitative estimate of drug-likeness (QED) is 0.765. The van der Waals surface area contributed by atoms with Crippen LogP contribution >= 0.6 is 0 Å². The van der Waals surface area contributed by atoms with Crippen molar-refractivity contribution < 1.29 is 23.9 Å². The Hall–Kier alpha value is -3.68. The van der Waals surface area contributed by atoms with Crippen molar-refractivity contribution in [2.45, 2.75) is 25.3 Å². The molecular weight excluding hydrogens is 398 g/mol. The molecule has 2 aromatic rings. The predicted octanol–water partition coefficient (Wildman–Crippen LogP) is 2.45. The molecule has 1 saturated heterocycles. The molecule has 0 spiro atoms. The van der Waals surface area contributed by atoms with E-state index in [0.717, 1.165) is 12.8 Å². The highest BCUT2D eigenvalue weighted by Crippen LogP contribution is 2.31. The second kappa shape index (κ2) is 8.59. The summed E-state index contributed by atoms with van der Waals surface area (Å²) in [5.41, 5.74) is 1.73. The van der Waals surface area contributed by atoms with Crippen molar-refractivity contribution in [2.75, 3.05) is 30.4 Å². The molecule has 2 aliphatic heterocycles. The molecule has 0 aliphatic carbocycles. The van der Waals surface area contributed by atoms with Gasteiger partial charge in [0, 0.05) is 12.2 Å². The Labute approximate surface area is 179 Å². The molecular formula is C23H23N3O5. The number of benzene rings is 2. The van der Waals surface area contributed by atoms with Crippen LogP contribution in [0, 0.1) is 0 Å². The fourth-order valence-corrected chi connectivity index (χ4v) is 4.09. The SMILES string of the molecule is COC(=O)c1ccc(NC(=O)CN2C(=O)[C@@H]3CCCCN3C(=O)c3ccccc32)cc1. The summed E-state index contributed by atoms with van der Waals surface area (Å²) in [5.74, 6) is -1.28. The molecule has 0 saturated carbocycles. The van der Waals surface area contributed by atoms with E-state index >= 15 is 0 Å². The molecule has 31 heavy (non-hydrogen) atoms. The van der Waals surface area contributed by atoms with Crippen molar-refractivity contribution in [3.63, 3.8) is 0 Å². The molecule has 8 nitrogen and oxygen atoms in total. The van der Waals surface area contributed by atoms with Crippen molar-refractivity contribution in [3.8, 4) is 0 Å². The van der Waals surface area contributed by atoms with Crippen LogP contribution in [0.1, 0.15) is 40.0 Å². The lowest BCUT2D eigenvalue weighted by molar-refractivity contribution is -0.125. The number of amides is 3. The number of fused-ring (bicyclic) bond motifs is 2. The molecule has 0 aromatic heterocycles. The lowest BCUT2D eigenvalue weighted by Crippen LogP contribution is -2.52. The van der Waals surface area contributed by atoms with E-state index in [-0.39, 0.29) is 18.4 Å². The largest absolute Gasteiger partial charge is 0.465 e. The van der Waals surface area contributed by atoms with Gasteiger partial charge in [0.1, 0.15) is 12.6 Å². The van der Waals surface area contributed by atoms with E-state index in [2.05, 4.69) is 10.1 Å². The molecule has 1 N–H and O–H groups in total. The Kier molecular flexibility index (Phi) is 5.70. The van der Waals surface area contributed by atoms with Crippen LogP contribution in [-0.2, 0) is 14.3 Å². The summed E-state index contributed by atoms with van der Waals surface area (Å²) < 4.78 is 4.66. The Balaban J connectivity index is 1.57. The summed E-state index contributed by atoms with van der Waals surface area (Å²) >= 11 is 0. The first-order chi connectivity index (χ1) is 15.0. The van der Waals surface area contributed by atoms with E-state index in [1.165, 1.54) is 12.0 Å². The molecule has 3 amide bonds. The Bertz CT molecular complexity index is 1030. The van der Waals surface area contributed by atoms with E-state index in [4.69, 9.17) is 0 Å². The number of carbonyl (C=O) groups excluding carboxylic acids is 4. The highest BCUT2D eigenvalue weighted by molar-refractivity contribution is 6.13. The molecule has 2 aromatic carbocycles. The molecule has 4 rings (SSSR count). The second-order valence-electron chi connectivity index (χ2n) is 7.57. The summed E-state index contributed by atoms with van der Waals surface area (Å²) in [5, 5.41) is 2.74. The maximum atomic E-state index is 13.3. The van der Waals surface area contributed by atoms with Gasteiger partial charge in [-0.3, -0.25) is 14.4 Å². The van der Waals surface area contributed by atoms with Crippen LogP contribution < -0.4 is 10.2 Å². The fraction of sp³-hybridized carbons (Fsp3) is 0.304. The minimum Gasteiger partial charge on any atom is -0.465 e. The Morgan fingerprint density at radius 3 is 2.55 bits per heavy atom. The molecule has 1 atom stereocenters. The van der Waals surface area contributed by atoms with Crippen LogP contribution in [0.4, 0.5) is 11.4 Å². The number of piperidine rings is 1. The number of ether oxygens (including phenoxy) is 1. The Morgan fingerprint density at radius 2 is 1.81 bits per heavy atom. The lowest BCUT2D eigenvalue weighted by atomic mass is 10.0. The number of para-hydroxylation sites is 1. The number of hydrogen-bond acceptors (Lipinski definition) is 5. The van der Waals surface area contributed by atoms with Crippen molar-refractivity contribution >= 4 is 35.1 Å². The van der Waals surface area contributed by atoms with Gasteiger partial charge in [0.05, 0.1) is 23.9 Å². The first kappa shape index (κ1) is 20.6. The zero-order valence-corrected chi connectivity index (χ0v) is 17.2. The third-order valence-corrected chi connectivity index (χ3v) is 5.63. The van der Waals surface area contributed by atoms with Crippen molar-refractivity contribution in [1.82, 2.24) is 4.90 Å². The van der Waals surface area contributed by atoms with Gasteiger partial charge in [0.25, 0.3) is 5.91 Å². The van der Waals surface area contributed by atoms with E-state index in [0.29, 0.717) is 35.5 Å². The van der Waals surface area contributed by atoms with Crippen LogP contribution in [0.25, 0.3) is 0 Å². The highest BCUT2D eigenvalue weighted by Gasteiger charge is 2.40. The standard InChI is InChI=1S/C23H23N3O5/c1-31-23(30)15-9-11-16(12-10-15)24-20(27)14-26-18-7-3-2-6-17(18)21(28)25-13-5-4-8-19(25)22(26)29/h2-3,6-7,9-12,19H,4-5,8,13-14H2,1H3,(H,24,27)/t19-/m0/s1. The van der Waals surface area contributed by atoms with E-state index in [9.17, 15) is 19.2 Å². The normalized spacial score (nSPS) is 18.0. The number of nitrogens with one attached hydrogen (secondary N) is 1. The van der Waals surface area contributed by atoms with Crippen LogP contribution in [0.5, 0.6) is 0 Å². The Morgan fingerprint density at radius 1 is 1.06 bits per heavy atom. The maximum absolute atomic E-state index is 13.3. The summed E-state index contributed by atoms with van der Waals surface area (Å²) in [6.07, 6.45) is 2.31. The molecule has 1 fully saturated rings. The van der Waals surface area contributed by atoms with Crippen LogP contribution in [0.15, 0.2) is 48.5 Å². The maximum Gasteiger partial charge on any atom is 0.337 e. The number of esters is 1. The summed E-state index contributed by atoms with van der Waals surface area (Å²) in [7, 11) is 1.30. The van der Waals surface area contributed by atoms with Gasteiger partial charge in [-0.1, -0.05) is 12.1 Å². The summed E-state index contributed by atoms with van der Waals surface area (Å²) in [6, 6.07) is 12.6. The van der Waals surface area contributed by atoms with Crippen molar-refractivity contribution in [2.24, 2.45) is 0 Å². The highest BCUT2D eigenvalue weighted by atomic mass is 16.5. The number of hydrogen-bond donors (Lipinski definition) is 1. The van der Waals surface area contributed by atoms with E-state index in [1.54, 1.807) is 53.4 Å². The summed E-state index contributed by atoms with van der Waals surface area (Å²) in [4.78, 5) is 53.7. The average molecular weight is 421 g/mol. The number of carbonyl (C=O) groups is 4. The first-order valence-electron chi connectivity index (χ1n) is 10.2. The zero-order chi connectivity index (χ0) is 22.0. The molecule has 0 radical (unpaired) electrons. The number of methoxy groups -OCH3 is 1. The topological polar surface area (TPSA) is 96.0 Å². The van der Waals surface area contributed by atoms with Gasteiger partial charge in [0.2, 0.25) is 11.8 Å². The molecule has 160 valence electrons. The van der Waals surface area contributed by atoms with Gasteiger partial charge >= 0.3 is 5.97 Å². The molecule has 2 aliphatic rings. The zero-order valence-electron chi connectivity index (χ0n) is 17.2.